The zero-order valence-corrected chi connectivity index (χ0v) is 16.1. The van der Waals surface area contributed by atoms with Crippen molar-refractivity contribution in [2.75, 3.05) is 0 Å². The minimum absolute atomic E-state index is 0.196. The molecule has 0 spiro atoms. The van der Waals surface area contributed by atoms with Gasteiger partial charge in [0.15, 0.2) is 0 Å². The molecule has 0 bridgehead atoms. The van der Waals surface area contributed by atoms with Crippen LogP contribution in [0.5, 0.6) is 0 Å². The first-order valence-electron chi connectivity index (χ1n) is 9.08. The number of fused-ring (bicyclic) bond motifs is 2. The van der Waals surface area contributed by atoms with Gasteiger partial charge in [0.1, 0.15) is 16.0 Å². The fourth-order valence-corrected chi connectivity index (χ4v) is 4.23. The Morgan fingerprint density at radius 3 is 2.44 bits per heavy atom. The highest BCUT2D eigenvalue weighted by Gasteiger charge is 2.17. The second-order valence-electron chi connectivity index (χ2n) is 7.05. The molecule has 0 aliphatic rings. The average Bonchev–Trinajstić information content (AvgIpc) is 2.67. The Bertz CT molecular complexity index is 1240. The first-order valence-corrected chi connectivity index (χ1v) is 9.89. The summed E-state index contributed by atoms with van der Waals surface area (Å²) in [5.74, 6) is 1.07. The molecule has 0 saturated heterocycles. The topological polar surface area (TPSA) is 52.0 Å². The Hall–Kier alpha value is -2.79. The van der Waals surface area contributed by atoms with Crippen LogP contribution in [0.3, 0.4) is 0 Å². The van der Waals surface area contributed by atoms with E-state index < -0.39 is 0 Å². The van der Waals surface area contributed by atoms with Crippen LogP contribution in [0.1, 0.15) is 20.3 Å². The zero-order valence-electron chi connectivity index (χ0n) is 15.3. The maximum absolute atomic E-state index is 13.3. The molecule has 0 atom stereocenters. The third-order valence-electron chi connectivity index (χ3n) is 4.66. The number of hydrogen-bond donors (Lipinski definition) is 0. The molecule has 4 rings (SSSR count). The maximum atomic E-state index is 13.3. The first kappa shape index (κ1) is 17.6. The van der Waals surface area contributed by atoms with Gasteiger partial charge in [0.2, 0.25) is 5.43 Å². The lowest BCUT2D eigenvalue weighted by Crippen LogP contribution is -2.27. The predicted molar refractivity (Wildman–Crippen MR) is 113 cm³/mol. The summed E-state index contributed by atoms with van der Waals surface area (Å²) in [5, 5.41) is 0.777. The van der Waals surface area contributed by atoms with E-state index in [-0.39, 0.29) is 16.4 Å². The molecule has 0 aliphatic heterocycles. The fraction of sp³-hybridized carbons (Fsp3) is 0.227. The number of hydrogen-bond acceptors (Lipinski definition) is 4. The molecule has 0 radical (unpaired) electrons. The quantitative estimate of drug-likeness (QED) is 0.486. The third kappa shape index (κ3) is 3.19. The lowest BCUT2D eigenvalue weighted by Gasteiger charge is -2.14. The number of rotatable bonds is 4. The van der Waals surface area contributed by atoms with Crippen LogP contribution in [0, 0.1) is 5.92 Å². The Morgan fingerprint density at radius 1 is 1.00 bits per heavy atom. The molecule has 0 unspecified atom stereocenters. The second-order valence-corrected chi connectivity index (χ2v) is 8.08. The summed E-state index contributed by atoms with van der Waals surface area (Å²) in [4.78, 5) is 31.6. The summed E-state index contributed by atoms with van der Waals surface area (Å²) in [6.07, 6.45) is 0.845. The summed E-state index contributed by atoms with van der Waals surface area (Å²) in [7, 11) is 0. The van der Waals surface area contributed by atoms with Gasteiger partial charge in [-0.3, -0.25) is 14.2 Å². The molecule has 0 fully saturated rings. The van der Waals surface area contributed by atoms with Gasteiger partial charge >= 0.3 is 0 Å². The third-order valence-corrected chi connectivity index (χ3v) is 5.73. The molecule has 136 valence electrons. The minimum atomic E-state index is -0.244. The van der Waals surface area contributed by atoms with E-state index in [1.807, 2.05) is 48.5 Å². The number of aromatic nitrogens is 2. The van der Waals surface area contributed by atoms with Gasteiger partial charge in [0, 0.05) is 22.2 Å². The summed E-state index contributed by atoms with van der Waals surface area (Å²) < 4.78 is 2.52. The Labute approximate surface area is 160 Å². The maximum Gasteiger partial charge on any atom is 0.266 e. The standard InChI is InChI=1S/C22H20N2O2S/c1-14(2)12-13-24-20(15-8-4-3-5-9-15)23-21-18(22(24)26)19(25)16-10-6-7-11-17(16)27-21/h3-11,14H,12-13H2,1-2H3. The van der Waals surface area contributed by atoms with Crippen molar-refractivity contribution < 1.29 is 0 Å². The smallest absolute Gasteiger partial charge is 0.266 e. The summed E-state index contributed by atoms with van der Waals surface area (Å²) in [5.41, 5.74) is 0.411. The molecule has 2 heterocycles. The van der Waals surface area contributed by atoms with Crippen molar-refractivity contribution in [2.24, 2.45) is 5.92 Å². The molecule has 4 nitrogen and oxygen atoms in total. The molecule has 0 N–H and O–H groups in total. The van der Waals surface area contributed by atoms with Crippen LogP contribution in [-0.4, -0.2) is 9.55 Å². The molecular formula is C22H20N2O2S. The molecular weight excluding hydrogens is 356 g/mol. The van der Waals surface area contributed by atoms with Crippen molar-refractivity contribution in [1.82, 2.24) is 9.55 Å². The van der Waals surface area contributed by atoms with Crippen molar-refractivity contribution in [2.45, 2.75) is 26.8 Å². The fourth-order valence-electron chi connectivity index (χ4n) is 3.19. The summed E-state index contributed by atoms with van der Waals surface area (Å²) >= 11 is 1.40. The van der Waals surface area contributed by atoms with Crippen LogP contribution >= 0.6 is 11.3 Å². The SMILES string of the molecule is CC(C)CCn1c(-c2ccccc2)nc2sc3ccccc3c(=O)c2c1=O. The highest BCUT2D eigenvalue weighted by molar-refractivity contribution is 7.24. The molecule has 2 aromatic heterocycles. The van der Waals surface area contributed by atoms with Crippen LogP contribution < -0.4 is 11.0 Å². The van der Waals surface area contributed by atoms with Gasteiger partial charge in [-0.25, -0.2) is 4.98 Å². The normalized spacial score (nSPS) is 11.5. The van der Waals surface area contributed by atoms with Crippen LogP contribution in [0.4, 0.5) is 0 Å². The van der Waals surface area contributed by atoms with Gasteiger partial charge in [-0.2, -0.15) is 0 Å². The van der Waals surface area contributed by atoms with Crippen LogP contribution in [0.15, 0.2) is 64.2 Å². The Balaban J connectivity index is 2.09. The summed E-state index contributed by atoms with van der Waals surface area (Å²) in [6.45, 7) is 4.78. The molecule has 4 aromatic rings. The van der Waals surface area contributed by atoms with E-state index in [0.717, 1.165) is 16.7 Å². The molecule has 2 aromatic carbocycles. The highest BCUT2D eigenvalue weighted by atomic mass is 32.1. The van der Waals surface area contributed by atoms with Crippen molar-refractivity contribution in [3.63, 3.8) is 0 Å². The molecule has 0 aliphatic carbocycles. The molecule has 0 amide bonds. The lowest BCUT2D eigenvalue weighted by atomic mass is 10.1. The Kier molecular flexibility index (Phi) is 4.62. The largest absolute Gasteiger partial charge is 0.292 e. The lowest BCUT2D eigenvalue weighted by molar-refractivity contribution is 0.509. The second kappa shape index (κ2) is 7.08. The monoisotopic (exact) mass is 376 g/mol. The highest BCUT2D eigenvalue weighted by Crippen LogP contribution is 2.25. The van der Waals surface area contributed by atoms with Gasteiger partial charge in [-0.05, 0) is 24.5 Å². The molecule has 5 heteroatoms. The van der Waals surface area contributed by atoms with Gasteiger partial charge in [0.25, 0.3) is 5.56 Å². The molecule has 0 saturated carbocycles. The van der Waals surface area contributed by atoms with Gasteiger partial charge in [-0.15, -0.1) is 11.3 Å². The average molecular weight is 376 g/mol. The van der Waals surface area contributed by atoms with E-state index in [1.165, 1.54) is 11.3 Å². The van der Waals surface area contributed by atoms with Crippen molar-refractivity contribution in [3.8, 4) is 11.4 Å². The van der Waals surface area contributed by atoms with Crippen molar-refractivity contribution in [3.05, 3.63) is 75.2 Å². The van der Waals surface area contributed by atoms with Gasteiger partial charge in [0.05, 0.1) is 0 Å². The van der Waals surface area contributed by atoms with E-state index in [4.69, 9.17) is 4.98 Å². The minimum Gasteiger partial charge on any atom is -0.292 e. The van der Waals surface area contributed by atoms with E-state index in [1.54, 1.807) is 10.6 Å². The van der Waals surface area contributed by atoms with Gasteiger partial charge < -0.3 is 0 Å². The molecule has 27 heavy (non-hydrogen) atoms. The summed E-state index contributed by atoms with van der Waals surface area (Å²) in [6, 6.07) is 17.1. The van der Waals surface area contributed by atoms with E-state index in [0.29, 0.717) is 28.5 Å². The van der Waals surface area contributed by atoms with Crippen molar-refractivity contribution in [1.29, 1.82) is 0 Å². The van der Waals surface area contributed by atoms with E-state index in [9.17, 15) is 9.59 Å². The number of benzene rings is 2. The first-order chi connectivity index (χ1) is 13.1. The van der Waals surface area contributed by atoms with E-state index >= 15 is 0 Å². The Morgan fingerprint density at radius 2 is 1.70 bits per heavy atom. The van der Waals surface area contributed by atoms with E-state index in [2.05, 4.69) is 13.8 Å². The zero-order chi connectivity index (χ0) is 19.0. The number of nitrogens with zero attached hydrogens (tertiary/aromatic N) is 2. The van der Waals surface area contributed by atoms with Gasteiger partial charge in [-0.1, -0.05) is 56.3 Å². The van der Waals surface area contributed by atoms with Crippen LogP contribution in [0.25, 0.3) is 31.7 Å². The predicted octanol–water partition coefficient (Wildman–Crippen LogP) is 4.68. The van der Waals surface area contributed by atoms with Crippen LogP contribution in [-0.2, 0) is 6.54 Å². The van der Waals surface area contributed by atoms with Crippen molar-refractivity contribution >= 4 is 31.6 Å². The van der Waals surface area contributed by atoms with Crippen LogP contribution in [0.2, 0.25) is 0 Å².